The van der Waals surface area contributed by atoms with E-state index in [2.05, 4.69) is 9.97 Å². The SMILES string of the molecule is CS(=O)(=O)c1nc(-c2ccccc2F)c2c(n1)N(c1c(F)cc(F)cc1F)CC=C2. The fraction of sp³-hybridized carbons (Fsp3) is 0.100. The van der Waals surface area contributed by atoms with Crippen LogP contribution in [0.3, 0.4) is 0 Å². The van der Waals surface area contributed by atoms with Crippen LogP contribution in [0.1, 0.15) is 5.56 Å². The molecule has 0 N–H and O–H groups in total. The molecule has 4 rings (SSSR count). The summed E-state index contributed by atoms with van der Waals surface area (Å²) in [6, 6.07) is 6.58. The van der Waals surface area contributed by atoms with E-state index >= 15 is 0 Å². The van der Waals surface area contributed by atoms with Crippen LogP contribution in [0, 0.1) is 23.3 Å². The Labute approximate surface area is 169 Å². The number of hydrogen-bond acceptors (Lipinski definition) is 5. The standard InChI is InChI=1S/C20H13F4N3O2S/c1-30(28,29)20-25-17(12-5-2-3-7-14(12)22)13-6-4-8-27(19(13)26-20)18-15(23)9-11(21)10-16(18)24/h2-7,9-10H,8H2,1H3. The molecule has 1 aliphatic heterocycles. The molecule has 0 amide bonds. The van der Waals surface area contributed by atoms with E-state index in [1.165, 1.54) is 36.4 Å². The van der Waals surface area contributed by atoms with Gasteiger partial charge < -0.3 is 4.90 Å². The van der Waals surface area contributed by atoms with Gasteiger partial charge in [-0.15, -0.1) is 0 Å². The highest BCUT2D eigenvalue weighted by atomic mass is 32.2. The fourth-order valence-corrected chi connectivity index (χ4v) is 3.68. The van der Waals surface area contributed by atoms with Crippen molar-refractivity contribution in [1.29, 1.82) is 0 Å². The smallest absolute Gasteiger partial charge is 0.249 e. The van der Waals surface area contributed by atoms with E-state index in [0.717, 1.165) is 11.2 Å². The van der Waals surface area contributed by atoms with E-state index in [0.29, 0.717) is 12.1 Å². The molecule has 0 saturated heterocycles. The van der Waals surface area contributed by atoms with Crippen LogP contribution >= 0.6 is 0 Å². The van der Waals surface area contributed by atoms with E-state index in [-0.39, 0.29) is 29.2 Å². The molecule has 5 nitrogen and oxygen atoms in total. The topological polar surface area (TPSA) is 63.2 Å². The number of anilines is 2. The molecule has 0 aliphatic carbocycles. The molecule has 0 fully saturated rings. The summed E-state index contributed by atoms with van der Waals surface area (Å²) in [5, 5.41) is -0.636. The van der Waals surface area contributed by atoms with Crippen LogP contribution < -0.4 is 4.90 Å². The second kappa shape index (κ2) is 7.21. The maximum absolute atomic E-state index is 14.5. The molecule has 1 aromatic heterocycles. The van der Waals surface area contributed by atoms with Crippen molar-refractivity contribution in [2.45, 2.75) is 5.16 Å². The normalized spacial score (nSPS) is 13.4. The average molecular weight is 435 g/mol. The van der Waals surface area contributed by atoms with Crippen LogP contribution in [0.4, 0.5) is 29.1 Å². The van der Waals surface area contributed by atoms with Crippen molar-refractivity contribution in [2.24, 2.45) is 0 Å². The van der Waals surface area contributed by atoms with Gasteiger partial charge in [-0.3, -0.25) is 0 Å². The number of aromatic nitrogens is 2. The van der Waals surface area contributed by atoms with Crippen LogP contribution in [0.5, 0.6) is 0 Å². The molecule has 3 aromatic rings. The highest BCUT2D eigenvalue weighted by Crippen LogP contribution is 2.39. The molecule has 2 aromatic carbocycles. The molecule has 0 bridgehead atoms. The first-order valence-electron chi connectivity index (χ1n) is 8.62. The maximum atomic E-state index is 14.5. The van der Waals surface area contributed by atoms with Crippen molar-refractivity contribution in [2.75, 3.05) is 17.7 Å². The summed E-state index contributed by atoms with van der Waals surface area (Å²) in [5.41, 5.74) is -0.503. The second-order valence-corrected chi connectivity index (χ2v) is 8.48. The van der Waals surface area contributed by atoms with Gasteiger partial charge in [0.25, 0.3) is 0 Å². The summed E-state index contributed by atoms with van der Waals surface area (Å²) in [6.07, 6.45) is 3.90. The van der Waals surface area contributed by atoms with Gasteiger partial charge in [-0.1, -0.05) is 24.3 Å². The van der Waals surface area contributed by atoms with Gasteiger partial charge in [-0.05, 0) is 12.1 Å². The number of fused-ring (bicyclic) bond motifs is 1. The third-order valence-electron chi connectivity index (χ3n) is 4.45. The number of halogens is 4. The molecule has 1 aliphatic rings. The van der Waals surface area contributed by atoms with Gasteiger partial charge in [-0.2, -0.15) is 4.98 Å². The Morgan fingerprint density at radius 3 is 2.27 bits per heavy atom. The number of sulfone groups is 1. The lowest BCUT2D eigenvalue weighted by molar-refractivity contribution is 0.542. The largest absolute Gasteiger partial charge is 0.317 e. The first-order valence-corrected chi connectivity index (χ1v) is 10.5. The minimum Gasteiger partial charge on any atom is -0.317 e. The van der Waals surface area contributed by atoms with Crippen LogP contribution in [0.2, 0.25) is 0 Å². The Bertz CT molecular complexity index is 1290. The van der Waals surface area contributed by atoms with Crippen molar-refractivity contribution in [3.63, 3.8) is 0 Å². The zero-order valence-corrected chi connectivity index (χ0v) is 16.2. The van der Waals surface area contributed by atoms with Crippen molar-refractivity contribution in [3.8, 4) is 11.3 Å². The van der Waals surface area contributed by atoms with Gasteiger partial charge in [0.1, 0.15) is 23.1 Å². The lowest BCUT2D eigenvalue weighted by Gasteiger charge is -2.29. The maximum Gasteiger partial charge on any atom is 0.249 e. The third kappa shape index (κ3) is 3.43. The zero-order valence-electron chi connectivity index (χ0n) is 15.4. The van der Waals surface area contributed by atoms with Gasteiger partial charge in [0.15, 0.2) is 11.6 Å². The van der Waals surface area contributed by atoms with Gasteiger partial charge in [0.05, 0.1) is 5.69 Å². The quantitative estimate of drug-likeness (QED) is 0.454. The van der Waals surface area contributed by atoms with E-state index in [1.807, 2.05) is 0 Å². The van der Waals surface area contributed by atoms with E-state index < -0.39 is 43.9 Å². The van der Waals surface area contributed by atoms with Crippen molar-refractivity contribution in [1.82, 2.24) is 9.97 Å². The molecular formula is C20H13F4N3O2S. The summed E-state index contributed by atoms with van der Waals surface area (Å²) in [4.78, 5) is 9.06. The Morgan fingerprint density at radius 2 is 1.63 bits per heavy atom. The summed E-state index contributed by atoms with van der Waals surface area (Å²) in [7, 11) is -3.96. The monoisotopic (exact) mass is 435 g/mol. The average Bonchev–Trinajstić information content (AvgIpc) is 2.66. The van der Waals surface area contributed by atoms with Crippen molar-refractivity contribution >= 4 is 27.4 Å². The Morgan fingerprint density at radius 1 is 0.967 bits per heavy atom. The number of benzene rings is 2. The zero-order chi connectivity index (χ0) is 21.6. The number of rotatable bonds is 3. The predicted octanol–water partition coefficient (Wildman–Crippen LogP) is 4.27. The molecule has 2 heterocycles. The third-order valence-corrected chi connectivity index (χ3v) is 5.29. The minimum atomic E-state index is -3.96. The van der Waals surface area contributed by atoms with Crippen molar-refractivity contribution in [3.05, 3.63) is 71.3 Å². The van der Waals surface area contributed by atoms with E-state index in [4.69, 9.17) is 0 Å². The lowest BCUT2D eigenvalue weighted by Crippen LogP contribution is -2.26. The van der Waals surface area contributed by atoms with E-state index in [1.54, 1.807) is 0 Å². The minimum absolute atomic E-state index is 0.00685. The Kier molecular flexibility index (Phi) is 4.81. The summed E-state index contributed by atoms with van der Waals surface area (Å²) in [5.74, 6) is -4.30. The molecule has 0 radical (unpaired) electrons. The summed E-state index contributed by atoms with van der Waals surface area (Å²) >= 11 is 0. The molecule has 154 valence electrons. The predicted molar refractivity (Wildman–Crippen MR) is 103 cm³/mol. The van der Waals surface area contributed by atoms with Gasteiger partial charge in [-0.25, -0.2) is 31.0 Å². The molecule has 10 heteroatoms. The van der Waals surface area contributed by atoms with E-state index in [9.17, 15) is 26.0 Å². The van der Waals surface area contributed by atoms with Crippen LogP contribution in [0.25, 0.3) is 17.3 Å². The second-order valence-electron chi connectivity index (χ2n) is 6.58. The fourth-order valence-electron chi connectivity index (χ4n) is 3.17. The summed E-state index contributed by atoms with van der Waals surface area (Å²) < 4.78 is 81.0. The molecular weight excluding hydrogens is 422 g/mol. The van der Waals surface area contributed by atoms with Crippen LogP contribution in [0.15, 0.2) is 47.6 Å². The highest BCUT2D eigenvalue weighted by Gasteiger charge is 2.29. The number of nitrogens with zero attached hydrogens (tertiary/aromatic N) is 3. The Balaban J connectivity index is 2.05. The lowest BCUT2D eigenvalue weighted by atomic mass is 10.0. The summed E-state index contributed by atoms with van der Waals surface area (Å²) in [6.45, 7) is -0.0800. The van der Waals surface area contributed by atoms with Crippen molar-refractivity contribution < 1.29 is 26.0 Å². The number of hydrogen-bond donors (Lipinski definition) is 0. The first kappa shape index (κ1) is 20.0. The van der Waals surface area contributed by atoms with Crippen LogP contribution in [-0.4, -0.2) is 31.2 Å². The van der Waals surface area contributed by atoms with Gasteiger partial charge in [0, 0.05) is 36.1 Å². The molecule has 0 saturated carbocycles. The van der Waals surface area contributed by atoms with Gasteiger partial charge >= 0.3 is 0 Å². The van der Waals surface area contributed by atoms with Crippen LogP contribution in [-0.2, 0) is 9.84 Å². The molecule has 0 spiro atoms. The first-order chi connectivity index (χ1) is 14.2. The van der Waals surface area contributed by atoms with Gasteiger partial charge in [0.2, 0.25) is 15.0 Å². The Hall–Kier alpha value is -3.27. The molecule has 0 unspecified atom stereocenters. The highest BCUT2D eigenvalue weighted by molar-refractivity contribution is 7.90. The molecule has 30 heavy (non-hydrogen) atoms. The molecule has 0 atom stereocenters.